The molecule has 0 atom stereocenters. The molecule has 0 spiro atoms. The third-order valence-electron chi connectivity index (χ3n) is 6.06. The average Bonchev–Trinajstić information content (AvgIpc) is 3.08. The lowest BCUT2D eigenvalue weighted by atomic mass is 9.87. The topological polar surface area (TPSA) is 46.3 Å². The Bertz CT molecular complexity index is 1130. The Labute approximate surface area is 195 Å². The monoisotopic (exact) mass is 449 g/mol. The zero-order valence-electron chi connectivity index (χ0n) is 19.3. The van der Waals surface area contributed by atoms with Gasteiger partial charge in [-0.25, -0.2) is 4.68 Å². The highest BCUT2D eigenvalue weighted by atomic mass is 32.1. The van der Waals surface area contributed by atoms with Crippen molar-refractivity contribution in [2.24, 2.45) is 7.05 Å². The standard InChI is InChI=1S/C25H31N5OS/c1-25(2,3)21-12-10-19(11-13-21)22-26-30(24(32)27(22)4)18-28-14-16-29(17-15-28)23(31)20-8-6-5-7-9-20/h5-13H,14-18H2,1-4H3. The molecule has 1 aromatic heterocycles. The van der Waals surface area contributed by atoms with Gasteiger partial charge in [-0.3, -0.25) is 9.69 Å². The maximum Gasteiger partial charge on any atom is 0.253 e. The van der Waals surface area contributed by atoms with Crippen LogP contribution in [0.5, 0.6) is 0 Å². The van der Waals surface area contributed by atoms with Gasteiger partial charge in [0, 0.05) is 44.4 Å². The molecule has 2 aromatic carbocycles. The Morgan fingerprint density at radius 2 is 1.59 bits per heavy atom. The molecule has 1 fully saturated rings. The van der Waals surface area contributed by atoms with Crippen molar-refractivity contribution in [3.05, 3.63) is 70.5 Å². The number of hydrogen-bond donors (Lipinski definition) is 0. The van der Waals surface area contributed by atoms with Crippen molar-refractivity contribution >= 4 is 18.1 Å². The smallest absolute Gasteiger partial charge is 0.253 e. The normalized spacial score (nSPS) is 15.2. The average molecular weight is 450 g/mol. The number of nitrogens with zero attached hydrogens (tertiary/aromatic N) is 5. The molecule has 6 nitrogen and oxygen atoms in total. The molecule has 0 radical (unpaired) electrons. The fourth-order valence-corrected chi connectivity index (χ4v) is 4.18. The summed E-state index contributed by atoms with van der Waals surface area (Å²) in [7, 11) is 1.97. The van der Waals surface area contributed by atoms with Crippen molar-refractivity contribution in [3.8, 4) is 11.4 Å². The van der Waals surface area contributed by atoms with Crippen molar-refractivity contribution in [1.82, 2.24) is 24.1 Å². The van der Waals surface area contributed by atoms with E-state index >= 15 is 0 Å². The number of rotatable bonds is 4. The first-order chi connectivity index (χ1) is 15.2. The Morgan fingerprint density at radius 3 is 2.19 bits per heavy atom. The number of carbonyl (C=O) groups excluding carboxylic acids is 1. The molecule has 1 amide bonds. The molecule has 32 heavy (non-hydrogen) atoms. The van der Waals surface area contributed by atoms with Crippen LogP contribution in [0.15, 0.2) is 54.6 Å². The molecule has 2 heterocycles. The SMILES string of the molecule is Cn1c(-c2ccc(C(C)(C)C)cc2)nn(CN2CCN(C(=O)c3ccccc3)CC2)c1=S. The molecule has 0 unspecified atom stereocenters. The molecule has 168 valence electrons. The van der Waals surface area contributed by atoms with Crippen molar-refractivity contribution < 1.29 is 4.79 Å². The molecule has 1 aliphatic rings. The number of benzene rings is 2. The van der Waals surface area contributed by atoms with Crippen LogP contribution in [0.1, 0.15) is 36.7 Å². The second-order valence-corrected chi connectivity index (χ2v) is 9.77. The first-order valence-electron chi connectivity index (χ1n) is 11.1. The van der Waals surface area contributed by atoms with Crippen LogP contribution in [0.3, 0.4) is 0 Å². The van der Waals surface area contributed by atoms with Gasteiger partial charge in [0.2, 0.25) is 0 Å². The van der Waals surface area contributed by atoms with Gasteiger partial charge in [-0.15, -0.1) is 0 Å². The van der Waals surface area contributed by atoms with Crippen LogP contribution in [0.2, 0.25) is 0 Å². The zero-order valence-corrected chi connectivity index (χ0v) is 20.1. The summed E-state index contributed by atoms with van der Waals surface area (Å²) in [5, 5.41) is 4.82. The van der Waals surface area contributed by atoms with E-state index in [4.69, 9.17) is 17.3 Å². The summed E-state index contributed by atoms with van der Waals surface area (Å²) >= 11 is 5.67. The van der Waals surface area contributed by atoms with Crippen LogP contribution in [-0.2, 0) is 19.1 Å². The van der Waals surface area contributed by atoms with E-state index in [2.05, 4.69) is 49.9 Å². The Hall–Kier alpha value is -2.77. The highest BCUT2D eigenvalue weighted by Crippen LogP contribution is 2.25. The van der Waals surface area contributed by atoms with Crippen LogP contribution in [0, 0.1) is 4.77 Å². The summed E-state index contributed by atoms with van der Waals surface area (Å²) in [6.07, 6.45) is 0. The molecule has 0 N–H and O–H groups in total. The first kappa shape index (κ1) is 22.4. The second-order valence-electron chi connectivity index (χ2n) is 9.41. The Balaban J connectivity index is 1.43. The third kappa shape index (κ3) is 4.69. The summed E-state index contributed by atoms with van der Waals surface area (Å²) < 4.78 is 4.55. The lowest BCUT2D eigenvalue weighted by Crippen LogP contribution is -2.49. The Morgan fingerprint density at radius 1 is 0.969 bits per heavy atom. The van der Waals surface area contributed by atoms with E-state index in [1.54, 1.807) is 0 Å². The van der Waals surface area contributed by atoms with Crippen molar-refractivity contribution in [2.45, 2.75) is 32.9 Å². The zero-order chi connectivity index (χ0) is 22.9. The van der Waals surface area contributed by atoms with Gasteiger partial charge in [0.1, 0.15) is 0 Å². The molecule has 3 aromatic rings. The first-order valence-corrected chi connectivity index (χ1v) is 11.5. The van der Waals surface area contributed by atoms with E-state index in [0.717, 1.165) is 30.0 Å². The van der Waals surface area contributed by atoms with Gasteiger partial charge in [0.15, 0.2) is 10.6 Å². The molecule has 1 aliphatic heterocycles. The van der Waals surface area contributed by atoms with Gasteiger partial charge in [-0.05, 0) is 35.3 Å². The van der Waals surface area contributed by atoms with Crippen LogP contribution in [-0.4, -0.2) is 56.2 Å². The van der Waals surface area contributed by atoms with E-state index in [1.165, 1.54) is 5.56 Å². The van der Waals surface area contributed by atoms with Crippen LogP contribution >= 0.6 is 12.2 Å². The number of aromatic nitrogens is 3. The maximum atomic E-state index is 12.7. The number of hydrogen-bond acceptors (Lipinski definition) is 4. The number of carbonyl (C=O) groups is 1. The van der Waals surface area contributed by atoms with Gasteiger partial charge >= 0.3 is 0 Å². The summed E-state index contributed by atoms with van der Waals surface area (Å²) in [6, 6.07) is 18.1. The van der Waals surface area contributed by atoms with E-state index in [1.807, 2.05) is 51.5 Å². The lowest BCUT2D eigenvalue weighted by molar-refractivity contribution is 0.0585. The van der Waals surface area contributed by atoms with Crippen LogP contribution < -0.4 is 0 Å². The quantitative estimate of drug-likeness (QED) is 0.556. The number of amides is 1. The summed E-state index contributed by atoms with van der Waals surface area (Å²) in [4.78, 5) is 16.9. The highest BCUT2D eigenvalue weighted by Gasteiger charge is 2.23. The molecule has 0 saturated carbocycles. The van der Waals surface area contributed by atoms with Gasteiger partial charge in [-0.2, -0.15) is 5.10 Å². The maximum absolute atomic E-state index is 12.7. The minimum atomic E-state index is 0.0979. The second kappa shape index (κ2) is 9.00. The fraction of sp³-hybridized carbons (Fsp3) is 0.400. The highest BCUT2D eigenvalue weighted by molar-refractivity contribution is 7.71. The molecule has 0 aliphatic carbocycles. The molecular weight excluding hydrogens is 418 g/mol. The molecular formula is C25H31N5OS. The summed E-state index contributed by atoms with van der Waals surface area (Å²) in [6.45, 7) is 10.3. The fourth-order valence-electron chi connectivity index (χ4n) is 4.00. The summed E-state index contributed by atoms with van der Waals surface area (Å²) in [5.74, 6) is 0.967. The van der Waals surface area contributed by atoms with Crippen molar-refractivity contribution in [1.29, 1.82) is 0 Å². The third-order valence-corrected chi connectivity index (χ3v) is 6.55. The minimum absolute atomic E-state index is 0.0979. The number of piperazine rings is 1. The van der Waals surface area contributed by atoms with Crippen molar-refractivity contribution in [2.75, 3.05) is 26.2 Å². The van der Waals surface area contributed by atoms with E-state index in [-0.39, 0.29) is 11.3 Å². The van der Waals surface area contributed by atoms with Crippen LogP contribution in [0.25, 0.3) is 11.4 Å². The van der Waals surface area contributed by atoms with Gasteiger partial charge in [-0.1, -0.05) is 63.2 Å². The lowest BCUT2D eigenvalue weighted by Gasteiger charge is -2.34. The van der Waals surface area contributed by atoms with Gasteiger partial charge in [0.05, 0.1) is 6.67 Å². The molecule has 7 heteroatoms. The van der Waals surface area contributed by atoms with E-state index in [0.29, 0.717) is 24.5 Å². The van der Waals surface area contributed by atoms with E-state index in [9.17, 15) is 4.79 Å². The predicted molar refractivity (Wildman–Crippen MR) is 130 cm³/mol. The Kier molecular flexibility index (Phi) is 6.31. The largest absolute Gasteiger partial charge is 0.336 e. The van der Waals surface area contributed by atoms with E-state index < -0.39 is 0 Å². The molecule has 4 rings (SSSR count). The van der Waals surface area contributed by atoms with Gasteiger partial charge in [0.25, 0.3) is 5.91 Å². The predicted octanol–water partition coefficient (Wildman–Crippen LogP) is 4.33. The molecule has 0 bridgehead atoms. The van der Waals surface area contributed by atoms with Crippen molar-refractivity contribution in [3.63, 3.8) is 0 Å². The summed E-state index contributed by atoms with van der Waals surface area (Å²) in [5.41, 5.74) is 3.22. The van der Waals surface area contributed by atoms with Gasteiger partial charge < -0.3 is 9.47 Å². The minimum Gasteiger partial charge on any atom is -0.336 e. The van der Waals surface area contributed by atoms with Crippen LogP contribution in [0.4, 0.5) is 0 Å². The molecule has 1 saturated heterocycles.